The molecule has 12 nitrogen and oxygen atoms in total. The van der Waals surface area contributed by atoms with Crippen molar-refractivity contribution in [3.8, 4) is 11.5 Å². The van der Waals surface area contributed by atoms with Crippen LogP contribution in [0.4, 0.5) is 0 Å². The van der Waals surface area contributed by atoms with Gasteiger partial charge in [-0.1, -0.05) is 32.8 Å². The van der Waals surface area contributed by atoms with Crippen molar-refractivity contribution in [1.82, 2.24) is 4.90 Å². The minimum Gasteiger partial charge on any atom is -0.504 e. The zero-order valence-corrected chi connectivity index (χ0v) is 20.7. The summed E-state index contributed by atoms with van der Waals surface area (Å²) in [5.74, 6) is -1.85. The molecule has 0 spiro atoms. The molecule has 1 heterocycles. The lowest BCUT2D eigenvalue weighted by Crippen LogP contribution is -2.42. The van der Waals surface area contributed by atoms with Crippen molar-refractivity contribution in [3.05, 3.63) is 34.2 Å². The lowest BCUT2D eigenvalue weighted by atomic mass is 9.93. The molecule has 1 aromatic rings. The summed E-state index contributed by atoms with van der Waals surface area (Å²) in [5.41, 5.74) is 7.75. The molecule has 1 saturated heterocycles. The third-order valence-electron chi connectivity index (χ3n) is 5.28. The van der Waals surface area contributed by atoms with Gasteiger partial charge in [-0.05, 0) is 23.7 Å². The van der Waals surface area contributed by atoms with Crippen molar-refractivity contribution in [2.75, 3.05) is 26.8 Å². The highest BCUT2D eigenvalue weighted by molar-refractivity contribution is 5.94. The number of ether oxygens (including phenoxy) is 3. The topological polar surface area (TPSA) is 175 Å². The van der Waals surface area contributed by atoms with Gasteiger partial charge in [-0.15, -0.1) is 0 Å². The van der Waals surface area contributed by atoms with Crippen LogP contribution in [-0.4, -0.2) is 82.9 Å². The number of azide groups is 1. The Morgan fingerprint density at radius 3 is 2.54 bits per heavy atom. The quantitative estimate of drug-likeness (QED) is 0.239. The van der Waals surface area contributed by atoms with Crippen LogP contribution in [0.3, 0.4) is 0 Å². The number of phenols is 1. The summed E-state index contributed by atoms with van der Waals surface area (Å²) in [6.07, 6.45) is -3.18. The van der Waals surface area contributed by atoms with Crippen LogP contribution in [0.5, 0.6) is 11.5 Å². The van der Waals surface area contributed by atoms with Gasteiger partial charge in [0.05, 0.1) is 24.9 Å². The molecule has 0 radical (unpaired) electrons. The average molecular weight is 495 g/mol. The van der Waals surface area contributed by atoms with Crippen LogP contribution < -0.4 is 4.74 Å². The van der Waals surface area contributed by atoms with Crippen molar-refractivity contribution in [2.45, 2.75) is 64.6 Å². The summed E-state index contributed by atoms with van der Waals surface area (Å²) >= 11 is 0. The third kappa shape index (κ3) is 8.59. The second kappa shape index (κ2) is 11.6. The zero-order chi connectivity index (χ0) is 26.4. The highest BCUT2D eigenvalue weighted by Crippen LogP contribution is 2.31. The van der Waals surface area contributed by atoms with Crippen molar-refractivity contribution in [1.29, 1.82) is 0 Å². The van der Waals surface area contributed by atoms with Gasteiger partial charge in [-0.25, -0.2) is 4.79 Å². The Morgan fingerprint density at radius 2 is 1.94 bits per heavy atom. The van der Waals surface area contributed by atoms with E-state index in [4.69, 9.17) is 24.8 Å². The number of carboxylic acids is 1. The first-order valence-electron chi connectivity index (χ1n) is 11.2. The lowest BCUT2D eigenvalue weighted by Gasteiger charge is -2.32. The Kier molecular flexibility index (Phi) is 9.33. The van der Waals surface area contributed by atoms with Crippen LogP contribution in [0.25, 0.3) is 10.4 Å². The normalized spacial score (nSPS) is 20.6. The summed E-state index contributed by atoms with van der Waals surface area (Å²) in [4.78, 5) is 28.4. The molecule has 1 aliphatic heterocycles. The predicted octanol–water partition coefficient (Wildman–Crippen LogP) is 2.93. The van der Waals surface area contributed by atoms with Crippen LogP contribution >= 0.6 is 0 Å². The van der Waals surface area contributed by atoms with E-state index in [0.29, 0.717) is 13.2 Å². The second-order valence-electron chi connectivity index (χ2n) is 10.1. The molecule has 2 unspecified atom stereocenters. The number of rotatable bonds is 11. The summed E-state index contributed by atoms with van der Waals surface area (Å²) in [5, 5.41) is 33.1. The maximum absolute atomic E-state index is 12.9. The van der Waals surface area contributed by atoms with Gasteiger partial charge < -0.3 is 34.4 Å². The van der Waals surface area contributed by atoms with Gasteiger partial charge in [-0.2, -0.15) is 0 Å². The van der Waals surface area contributed by atoms with Gasteiger partial charge in [0.1, 0.15) is 0 Å². The van der Waals surface area contributed by atoms with Gasteiger partial charge in [0.2, 0.25) is 6.29 Å². The number of nitrogens with zero attached hydrogens (tertiary/aromatic N) is 4. The number of carbonyl (C=O) groups is 2. The van der Waals surface area contributed by atoms with Crippen molar-refractivity contribution in [2.24, 2.45) is 10.5 Å². The van der Waals surface area contributed by atoms with Crippen molar-refractivity contribution < 1.29 is 39.1 Å². The molecule has 1 fully saturated rings. The average Bonchev–Trinajstić information content (AvgIpc) is 2.73. The summed E-state index contributed by atoms with van der Waals surface area (Å²) < 4.78 is 16.6. The minimum atomic E-state index is -1.21. The maximum Gasteiger partial charge on any atom is 0.333 e. The maximum atomic E-state index is 12.9. The van der Waals surface area contributed by atoms with E-state index in [1.807, 2.05) is 13.8 Å². The van der Waals surface area contributed by atoms with Crippen molar-refractivity contribution in [3.63, 3.8) is 0 Å². The molecular weight excluding hydrogens is 460 g/mol. The molecule has 1 aliphatic rings. The monoisotopic (exact) mass is 494 g/mol. The number of aromatic hydroxyl groups is 1. The lowest BCUT2D eigenvalue weighted by molar-refractivity contribution is -0.195. The number of hydrogen-bond donors (Lipinski definition) is 3. The van der Waals surface area contributed by atoms with E-state index >= 15 is 0 Å². The third-order valence-corrected chi connectivity index (χ3v) is 5.28. The summed E-state index contributed by atoms with van der Waals surface area (Å²) in [6, 6.07) is 4.13. The molecule has 12 heteroatoms. The zero-order valence-electron chi connectivity index (χ0n) is 20.7. The van der Waals surface area contributed by atoms with Gasteiger partial charge in [0, 0.05) is 42.3 Å². The van der Waals surface area contributed by atoms with E-state index in [0.717, 1.165) is 0 Å². The number of benzene rings is 1. The Bertz CT molecular complexity index is 961. The predicted molar refractivity (Wildman–Crippen MR) is 125 cm³/mol. The van der Waals surface area contributed by atoms with Gasteiger partial charge in [-0.3, -0.25) is 4.79 Å². The van der Waals surface area contributed by atoms with Crippen LogP contribution in [0.2, 0.25) is 0 Å². The first-order valence-corrected chi connectivity index (χ1v) is 11.2. The molecule has 3 atom stereocenters. The fourth-order valence-corrected chi connectivity index (χ4v) is 3.69. The molecule has 0 bridgehead atoms. The van der Waals surface area contributed by atoms with E-state index < -0.39 is 35.4 Å². The molecule has 194 valence electrons. The van der Waals surface area contributed by atoms with Crippen LogP contribution in [-0.2, 0) is 14.3 Å². The van der Waals surface area contributed by atoms with Gasteiger partial charge in [0.15, 0.2) is 17.6 Å². The van der Waals surface area contributed by atoms with E-state index in [-0.39, 0.29) is 42.4 Å². The highest BCUT2D eigenvalue weighted by Gasteiger charge is 2.34. The number of hydrogen-bond acceptors (Lipinski definition) is 8. The summed E-state index contributed by atoms with van der Waals surface area (Å²) in [6.45, 7) is 8.34. The first-order chi connectivity index (χ1) is 16.2. The number of carboxylic acid groups (broad SMARTS) is 1. The van der Waals surface area contributed by atoms with Gasteiger partial charge >= 0.3 is 5.97 Å². The molecule has 0 saturated carbocycles. The van der Waals surface area contributed by atoms with Crippen LogP contribution in [0.15, 0.2) is 23.3 Å². The van der Waals surface area contributed by atoms with Gasteiger partial charge in [0.25, 0.3) is 5.91 Å². The Morgan fingerprint density at radius 1 is 1.26 bits per heavy atom. The van der Waals surface area contributed by atoms with Crippen LogP contribution in [0, 0.1) is 5.41 Å². The standard InChI is InChI=1S/C23H34N4O8/c1-22(2,12-33-13-23(3,4)25-26-24)11-27(5)20(30)14-6-7-17(16(29)8-14)34-19-10-15(28)9-18(35-19)21(31)32/h6-8,15,18-19,28-29H,9-13H2,1-5H3,(H,31,32)/t15?,18-,19?/m0/s1. The Balaban J connectivity index is 1.97. The van der Waals surface area contributed by atoms with E-state index in [2.05, 4.69) is 10.0 Å². The number of aliphatic carboxylic acids is 1. The number of amides is 1. The molecule has 0 aromatic heterocycles. The van der Waals surface area contributed by atoms with Crippen molar-refractivity contribution >= 4 is 11.9 Å². The molecule has 35 heavy (non-hydrogen) atoms. The first kappa shape index (κ1) is 28.2. The molecule has 3 N–H and O–H groups in total. The molecule has 1 amide bonds. The Labute approximate surface area is 204 Å². The number of aliphatic hydroxyl groups is 1. The molecule has 0 aliphatic carbocycles. The fourth-order valence-electron chi connectivity index (χ4n) is 3.69. The van der Waals surface area contributed by atoms with E-state index in [1.54, 1.807) is 20.9 Å². The number of aliphatic hydroxyl groups excluding tert-OH is 1. The Hall–Kier alpha value is -3.05. The van der Waals surface area contributed by atoms with Crippen LogP contribution in [0.1, 0.15) is 50.9 Å². The largest absolute Gasteiger partial charge is 0.504 e. The summed E-state index contributed by atoms with van der Waals surface area (Å²) in [7, 11) is 1.64. The molecule has 1 aromatic carbocycles. The fraction of sp³-hybridized carbons (Fsp3) is 0.652. The SMILES string of the molecule is CN(CC(C)(C)COCC(C)(C)N=[N+]=[N-])C(=O)c1ccc(OC2CC(O)C[C@@H](C(=O)O)O2)c(O)c1. The minimum absolute atomic E-state index is 0.00353. The highest BCUT2D eigenvalue weighted by atomic mass is 16.7. The van der Waals surface area contributed by atoms with E-state index in [1.165, 1.54) is 23.1 Å². The van der Waals surface area contributed by atoms with E-state index in [9.17, 15) is 19.8 Å². The molecule has 2 rings (SSSR count). The second-order valence-corrected chi connectivity index (χ2v) is 10.1. The number of carbonyl (C=O) groups excluding carboxylic acids is 1. The number of phenolic OH excluding ortho intramolecular Hbond substituents is 1. The smallest absolute Gasteiger partial charge is 0.333 e. The molecular formula is C23H34N4O8.